The first-order valence-electron chi connectivity index (χ1n) is 3.99. The zero-order chi connectivity index (χ0) is 8.97. The number of hydrogen-bond acceptors (Lipinski definition) is 3. The van der Waals surface area contributed by atoms with E-state index < -0.39 is 0 Å². The molecule has 0 fully saturated rings. The zero-order valence-corrected chi connectivity index (χ0v) is 7.76. The summed E-state index contributed by atoms with van der Waals surface area (Å²) in [5.74, 6) is 0. The van der Waals surface area contributed by atoms with Gasteiger partial charge in [0.25, 0.3) is 0 Å². The Morgan fingerprint density at radius 3 is 1.92 bits per heavy atom. The Hall–Kier alpha value is -1.06. The van der Waals surface area contributed by atoms with Crippen molar-refractivity contribution in [2.75, 3.05) is 19.2 Å². The van der Waals surface area contributed by atoms with E-state index in [1.807, 2.05) is 19.2 Å². The van der Waals surface area contributed by atoms with E-state index in [0.29, 0.717) is 0 Å². The van der Waals surface area contributed by atoms with Gasteiger partial charge in [-0.3, -0.25) is 0 Å². The topological polar surface area (TPSA) is 27.3 Å². The van der Waals surface area contributed by atoms with Gasteiger partial charge in [-0.1, -0.05) is 17.7 Å². The minimum atomic E-state index is 1.10. The molecule has 0 atom stereocenters. The molecule has 0 radical (unpaired) electrons. The fourth-order valence-electron chi connectivity index (χ4n) is 1.06. The summed E-state index contributed by atoms with van der Waals surface area (Å²) in [6.07, 6.45) is 0. The quantitative estimate of drug-likeness (QED) is 0.656. The van der Waals surface area contributed by atoms with Gasteiger partial charge >= 0.3 is 0 Å². The minimum absolute atomic E-state index is 1.10. The third-order valence-corrected chi connectivity index (χ3v) is 1.74. The number of aryl methyl sites for hydroxylation is 1. The summed E-state index contributed by atoms with van der Waals surface area (Å²) in [4.78, 5) is 0. The van der Waals surface area contributed by atoms with Crippen LogP contribution in [0.3, 0.4) is 0 Å². The highest BCUT2D eigenvalue weighted by molar-refractivity contribution is 5.45. The van der Waals surface area contributed by atoms with Crippen LogP contribution in [0.5, 0.6) is 0 Å². The fraction of sp³-hybridized carbons (Fsp3) is 0.333. The molecule has 0 heterocycles. The first kappa shape index (κ1) is 9.03. The summed E-state index contributed by atoms with van der Waals surface area (Å²) in [6, 6.07) is 8.28. The number of anilines is 1. The molecule has 1 aromatic rings. The molecule has 12 heavy (non-hydrogen) atoms. The van der Waals surface area contributed by atoms with E-state index in [4.69, 9.17) is 0 Å². The van der Waals surface area contributed by atoms with Crippen LogP contribution in [-0.4, -0.2) is 14.1 Å². The Labute approximate surface area is 73.3 Å². The summed E-state index contributed by atoms with van der Waals surface area (Å²) in [6.45, 7) is 2.08. The second-order valence-corrected chi connectivity index (χ2v) is 2.62. The Kier molecular flexibility index (Phi) is 3.08. The van der Waals surface area contributed by atoms with Crippen LogP contribution in [0.1, 0.15) is 5.56 Å². The van der Waals surface area contributed by atoms with Crippen LogP contribution < -0.4 is 16.0 Å². The Bertz CT molecular complexity index is 226. The summed E-state index contributed by atoms with van der Waals surface area (Å²) in [5, 5.41) is 1.85. The third kappa shape index (κ3) is 1.96. The van der Waals surface area contributed by atoms with Crippen LogP contribution in [0.15, 0.2) is 24.3 Å². The molecular weight excluding hydrogens is 150 g/mol. The highest BCUT2D eigenvalue weighted by Gasteiger charge is 1.98. The Morgan fingerprint density at radius 2 is 1.50 bits per heavy atom. The number of nitrogens with one attached hydrogen (secondary N) is 2. The largest absolute Gasteiger partial charge is 0.242 e. The van der Waals surface area contributed by atoms with E-state index in [-0.39, 0.29) is 0 Å². The number of hydrogen-bond donors (Lipinski definition) is 2. The van der Waals surface area contributed by atoms with Gasteiger partial charge in [0.05, 0.1) is 5.69 Å². The van der Waals surface area contributed by atoms with Gasteiger partial charge in [-0.15, -0.1) is 0 Å². The molecule has 0 unspecified atom stereocenters. The van der Waals surface area contributed by atoms with Crippen LogP contribution >= 0.6 is 0 Å². The Balaban J connectivity index is 2.80. The highest BCUT2D eigenvalue weighted by atomic mass is 15.7. The van der Waals surface area contributed by atoms with Crippen molar-refractivity contribution in [2.24, 2.45) is 0 Å². The average Bonchev–Trinajstić information content (AvgIpc) is 2.10. The van der Waals surface area contributed by atoms with Gasteiger partial charge in [0.2, 0.25) is 0 Å². The maximum absolute atomic E-state index is 3.01. The van der Waals surface area contributed by atoms with E-state index in [9.17, 15) is 0 Å². The molecule has 1 rings (SSSR count). The molecule has 0 aliphatic rings. The van der Waals surface area contributed by atoms with Gasteiger partial charge in [0.15, 0.2) is 0 Å². The molecule has 0 saturated carbocycles. The van der Waals surface area contributed by atoms with Crippen molar-refractivity contribution >= 4 is 5.69 Å². The van der Waals surface area contributed by atoms with Gasteiger partial charge < -0.3 is 0 Å². The zero-order valence-electron chi connectivity index (χ0n) is 7.76. The molecule has 0 aliphatic carbocycles. The highest BCUT2D eigenvalue weighted by Crippen LogP contribution is 2.10. The molecule has 3 nitrogen and oxygen atoms in total. The third-order valence-electron chi connectivity index (χ3n) is 1.74. The van der Waals surface area contributed by atoms with E-state index in [0.717, 1.165) is 5.69 Å². The molecule has 0 saturated heterocycles. The average molecular weight is 165 g/mol. The molecule has 3 heteroatoms. The van der Waals surface area contributed by atoms with Crippen molar-refractivity contribution in [3.05, 3.63) is 29.8 Å². The smallest absolute Gasteiger partial charge is 0.0702 e. The predicted octanol–water partition coefficient (Wildman–Crippen LogP) is 1.07. The lowest BCUT2D eigenvalue weighted by molar-refractivity contribution is 0.624. The number of benzene rings is 1. The minimum Gasteiger partial charge on any atom is -0.242 e. The predicted molar refractivity (Wildman–Crippen MR) is 51.8 cm³/mol. The number of nitrogens with zero attached hydrogens (tertiary/aromatic N) is 1. The van der Waals surface area contributed by atoms with Crippen LogP contribution in [0.2, 0.25) is 0 Å². The van der Waals surface area contributed by atoms with Crippen LogP contribution in [0, 0.1) is 6.92 Å². The molecule has 0 amide bonds. The summed E-state index contributed by atoms with van der Waals surface area (Å²) in [7, 11) is 3.74. The molecule has 66 valence electrons. The van der Waals surface area contributed by atoms with E-state index in [2.05, 4.69) is 42.0 Å². The molecule has 0 aliphatic heterocycles. The molecule has 0 bridgehead atoms. The van der Waals surface area contributed by atoms with Crippen LogP contribution in [0.4, 0.5) is 5.69 Å². The van der Waals surface area contributed by atoms with E-state index in [1.165, 1.54) is 5.56 Å². The molecule has 2 N–H and O–H groups in total. The summed E-state index contributed by atoms with van der Waals surface area (Å²) < 4.78 is 0. The maximum Gasteiger partial charge on any atom is 0.0702 e. The van der Waals surface area contributed by atoms with Crippen molar-refractivity contribution in [3.8, 4) is 0 Å². The Morgan fingerprint density at radius 1 is 1.00 bits per heavy atom. The summed E-state index contributed by atoms with van der Waals surface area (Å²) in [5.41, 5.74) is 8.39. The van der Waals surface area contributed by atoms with Crippen molar-refractivity contribution in [1.29, 1.82) is 0 Å². The molecule has 0 aromatic heterocycles. The van der Waals surface area contributed by atoms with Gasteiger partial charge in [-0.05, 0) is 19.1 Å². The second kappa shape index (κ2) is 4.09. The van der Waals surface area contributed by atoms with Gasteiger partial charge in [-0.25, -0.2) is 16.0 Å². The summed E-state index contributed by atoms with van der Waals surface area (Å²) >= 11 is 0. The standard InChI is InChI=1S/C9H15N3/c1-8-4-6-9(7-5-8)12(10-2)11-3/h4-7,10-11H,1-3H3. The number of hydrazine groups is 2. The molecule has 0 spiro atoms. The van der Waals surface area contributed by atoms with Gasteiger partial charge in [0, 0.05) is 14.1 Å². The maximum atomic E-state index is 3.01. The first-order chi connectivity index (χ1) is 5.77. The van der Waals surface area contributed by atoms with Crippen molar-refractivity contribution in [1.82, 2.24) is 10.9 Å². The number of rotatable bonds is 3. The lowest BCUT2D eigenvalue weighted by atomic mass is 10.2. The second-order valence-electron chi connectivity index (χ2n) is 2.62. The lowest BCUT2D eigenvalue weighted by Gasteiger charge is -2.21. The van der Waals surface area contributed by atoms with Gasteiger partial charge in [0.1, 0.15) is 0 Å². The SMILES string of the molecule is CNN(NC)c1ccc(C)cc1. The van der Waals surface area contributed by atoms with E-state index >= 15 is 0 Å². The first-order valence-corrected chi connectivity index (χ1v) is 3.99. The van der Waals surface area contributed by atoms with Crippen molar-refractivity contribution in [2.45, 2.75) is 6.92 Å². The van der Waals surface area contributed by atoms with Crippen LogP contribution in [0.25, 0.3) is 0 Å². The van der Waals surface area contributed by atoms with Gasteiger partial charge in [-0.2, -0.15) is 0 Å². The normalized spacial score (nSPS) is 9.92. The molecular formula is C9H15N3. The van der Waals surface area contributed by atoms with Crippen molar-refractivity contribution < 1.29 is 0 Å². The lowest BCUT2D eigenvalue weighted by Crippen LogP contribution is -2.44. The van der Waals surface area contributed by atoms with Crippen LogP contribution in [-0.2, 0) is 0 Å². The monoisotopic (exact) mass is 165 g/mol. The fourth-order valence-corrected chi connectivity index (χ4v) is 1.06. The van der Waals surface area contributed by atoms with Crippen molar-refractivity contribution in [3.63, 3.8) is 0 Å². The molecule has 1 aromatic carbocycles. The van der Waals surface area contributed by atoms with E-state index in [1.54, 1.807) is 0 Å².